The van der Waals surface area contributed by atoms with Gasteiger partial charge in [0.25, 0.3) is 0 Å². The summed E-state index contributed by atoms with van der Waals surface area (Å²) in [5.74, 6) is 2.68. The van der Waals surface area contributed by atoms with E-state index in [0.29, 0.717) is 29.6 Å². The minimum absolute atomic E-state index is 0.520. The lowest BCUT2D eigenvalue weighted by Crippen LogP contribution is -2.32. The van der Waals surface area contributed by atoms with Gasteiger partial charge in [0.2, 0.25) is 28.5 Å². The molecule has 566 valence electrons. The van der Waals surface area contributed by atoms with Gasteiger partial charge in [-0.1, -0.05) is 207 Å². The van der Waals surface area contributed by atoms with Crippen LogP contribution in [0.1, 0.15) is 188 Å². The van der Waals surface area contributed by atoms with Crippen LogP contribution in [0.5, 0.6) is 0 Å². The second kappa shape index (κ2) is 34.7. The minimum atomic E-state index is 0.520. The highest BCUT2D eigenvalue weighted by Gasteiger charge is 2.26. The first-order valence-corrected chi connectivity index (χ1v) is 40.3. The monoisotopic (exact) mass is 1460 g/mol. The Bertz CT molecular complexity index is 5830. The molecule has 0 aliphatic heterocycles. The number of benzene rings is 10. The molecule has 15 aromatic rings. The third kappa shape index (κ3) is 17.4. The Morgan fingerprint density at radius 2 is 0.550 bits per heavy atom. The molecule has 5 heteroatoms. The maximum absolute atomic E-state index is 2.37. The Labute approximate surface area is 665 Å². The molecular formula is C106H122N5+5. The Morgan fingerprint density at radius 1 is 0.216 bits per heavy atom. The molecule has 10 aromatic carbocycles. The molecule has 0 bridgehead atoms. The van der Waals surface area contributed by atoms with Crippen molar-refractivity contribution in [3.63, 3.8) is 0 Å². The van der Waals surface area contributed by atoms with E-state index in [9.17, 15) is 0 Å². The SMILES string of the molecule is Cc1cc(C)c(C)c(-c2c3cc(C(C)C)ccc3cc[n+]2C)c1.Cc1cc(C)c(C)c(-c2c3ccc(C(C)C)cc3cc[n+]2C)c1.Cc1cc(C)c(C)c(-c2c3cccc(C(C)C)c3cc[n+]2C)c1.Cc1ccccc1-c1c2cccc(C(C)C)c2cc[n+]1C.Cc1ccccc1-c1c2ccccc2c(C(C)C)c[n+]1C. The molecule has 0 aliphatic carbocycles. The van der Waals surface area contributed by atoms with Gasteiger partial charge in [-0.15, -0.1) is 0 Å². The minimum Gasteiger partial charge on any atom is -0.200 e. The maximum Gasteiger partial charge on any atom is 0.220 e. The Balaban J connectivity index is 0.000000137. The molecule has 0 aliphatic rings. The van der Waals surface area contributed by atoms with Gasteiger partial charge in [0.05, 0.1) is 43.6 Å². The maximum atomic E-state index is 2.37. The number of fused-ring (bicyclic) bond motifs is 5. The van der Waals surface area contributed by atoms with E-state index >= 15 is 0 Å². The molecule has 5 nitrogen and oxygen atoms in total. The number of nitrogens with zero attached hydrogens (tertiary/aromatic N) is 5. The van der Waals surface area contributed by atoms with Gasteiger partial charge in [0, 0.05) is 41.0 Å². The van der Waals surface area contributed by atoms with Gasteiger partial charge in [-0.05, 0) is 260 Å². The highest BCUT2D eigenvalue weighted by molar-refractivity contribution is 5.99. The van der Waals surface area contributed by atoms with E-state index in [4.69, 9.17) is 0 Å². The Hall–Kier alpha value is -10.8. The van der Waals surface area contributed by atoms with Gasteiger partial charge >= 0.3 is 0 Å². The molecule has 0 N–H and O–H groups in total. The van der Waals surface area contributed by atoms with Gasteiger partial charge in [-0.25, -0.2) is 22.8 Å². The van der Waals surface area contributed by atoms with Crippen LogP contribution in [-0.2, 0) is 35.2 Å². The van der Waals surface area contributed by atoms with Gasteiger partial charge in [0.1, 0.15) is 35.2 Å². The highest BCUT2D eigenvalue weighted by atomic mass is 14.9. The zero-order valence-electron chi connectivity index (χ0n) is 71.6. The van der Waals surface area contributed by atoms with Crippen molar-refractivity contribution in [1.82, 2.24) is 0 Å². The van der Waals surface area contributed by atoms with E-state index in [1.807, 2.05) is 0 Å². The fourth-order valence-corrected chi connectivity index (χ4v) is 16.5. The number of hydrogen-bond donors (Lipinski definition) is 0. The van der Waals surface area contributed by atoms with E-state index < -0.39 is 0 Å². The summed E-state index contributed by atoms with van der Waals surface area (Å²) in [5.41, 5.74) is 35.0. The first kappa shape index (κ1) is 81.2. The van der Waals surface area contributed by atoms with Crippen molar-refractivity contribution >= 4 is 53.9 Å². The normalized spacial score (nSPS) is 11.4. The summed E-state index contributed by atoms with van der Waals surface area (Å²) < 4.78 is 11.3. The summed E-state index contributed by atoms with van der Waals surface area (Å²) in [6.45, 7) is 46.8. The zero-order valence-corrected chi connectivity index (χ0v) is 71.6. The molecule has 15 rings (SSSR count). The largest absolute Gasteiger partial charge is 0.220 e. The third-order valence-electron chi connectivity index (χ3n) is 23.1. The molecule has 0 amide bonds. The van der Waals surface area contributed by atoms with Crippen molar-refractivity contribution in [2.24, 2.45) is 35.2 Å². The van der Waals surface area contributed by atoms with Crippen molar-refractivity contribution in [2.45, 2.75) is 175 Å². The first-order chi connectivity index (χ1) is 52.8. The van der Waals surface area contributed by atoms with Crippen molar-refractivity contribution < 1.29 is 22.8 Å². The summed E-state index contributed by atoms with van der Waals surface area (Å²) in [7, 11) is 10.7. The molecule has 0 saturated carbocycles. The van der Waals surface area contributed by atoms with Crippen LogP contribution >= 0.6 is 0 Å². The molecule has 5 heterocycles. The number of pyridine rings is 5. The lowest BCUT2D eigenvalue weighted by atomic mass is 9.91. The molecule has 0 atom stereocenters. The van der Waals surface area contributed by atoms with Crippen LogP contribution in [-0.4, -0.2) is 0 Å². The molecule has 111 heavy (non-hydrogen) atoms. The van der Waals surface area contributed by atoms with Crippen LogP contribution < -0.4 is 22.8 Å². The fraction of sp³-hybridized carbons (Fsp3) is 0.292. The van der Waals surface area contributed by atoms with Gasteiger partial charge in [0.15, 0.2) is 31.0 Å². The van der Waals surface area contributed by atoms with Crippen molar-refractivity contribution in [1.29, 1.82) is 0 Å². The van der Waals surface area contributed by atoms with E-state index in [2.05, 4.69) is 441 Å². The summed E-state index contributed by atoms with van der Waals surface area (Å²) >= 11 is 0. The molecule has 0 fully saturated rings. The summed E-state index contributed by atoms with van der Waals surface area (Å²) in [4.78, 5) is 0. The molecule has 0 radical (unpaired) electrons. The Kier molecular flexibility index (Phi) is 25.4. The predicted molar refractivity (Wildman–Crippen MR) is 475 cm³/mol. The van der Waals surface area contributed by atoms with Crippen LogP contribution in [0.3, 0.4) is 0 Å². The summed E-state index contributed by atoms with van der Waals surface area (Å²) in [5, 5.41) is 13.4. The smallest absolute Gasteiger partial charge is 0.200 e. The molecule has 0 spiro atoms. The van der Waals surface area contributed by atoms with E-state index in [0.717, 1.165) is 0 Å². The molecule has 0 saturated heterocycles. The fourth-order valence-electron chi connectivity index (χ4n) is 16.5. The summed E-state index contributed by atoms with van der Waals surface area (Å²) in [6, 6.07) is 75.8. The number of aryl methyl sites for hydroxylation is 13. The second-order valence-electron chi connectivity index (χ2n) is 33.2. The molecule has 5 aromatic heterocycles. The van der Waals surface area contributed by atoms with E-state index in [1.54, 1.807) is 0 Å². The second-order valence-corrected chi connectivity index (χ2v) is 33.2. The zero-order chi connectivity index (χ0) is 80.1. The number of aromatic nitrogens is 5. The Morgan fingerprint density at radius 3 is 0.973 bits per heavy atom. The van der Waals surface area contributed by atoms with Crippen LogP contribution in [0.15, 0.2) is 237 Å². The van der Waals surface area contributed by atoms with Crippen LogP contribution in [0.4, 0.5) is 0 Å². The summed E-state index contributed by atoms with van der Waals surface area (Å²) in [6.07, 6.45) is 11.0. The number of rotatable bonds is 10. The lowest BCUT2D eigenvalue weighted by Gasteiger charge is -2.14. The van der Waals surface area contributed by atoms with Crippen LogP contribution in [0, 0.1) is 76.2 Å². The topological polar surface area (TPSA) is 19.4 Å². The molecule has 0 unspecified atom stereocenters. The van der Waals surface area contributed by atoms with Crippen LogP contribution in [0.25, 0.3) is 110 Å². The van der Waals surface area contributed by atoms with Crippen molar-refractivity contribution in [3.8, 4) is 56.3 Å². The van der Waals surface area contributed by atoms with Gasteiger partial charge in [-0.2, -0.15) is 0 Å². The predicted octanol–water partition coefficient (Wildman–Crippen LogP) is 25.7. The standard InChI is InChI=1S/3C22H26N.2C20H22N/c1-14(2)18-7-8-20-19(13-18)9-10-23(6)22(20)21-12-15(3)11-16(4)17(21)5;1-14(2)19-8-7-18-9-10-23(6)22(21(18)13-19)20-12-15(3)11-16(4)17(20)5;1-14(2)18-8-7-9-20-19(18)10-11-23(6)22(20)21-13-15(3)12-16(4)17(21)5;1-14(2)19-13-21(4)20(16-10-6-5-9-15(16)3)18-12-8-7-11-17(18)19;1-14(2)16-10-7-11-19-18(16)12-13-21(4)20(19)17-9-6-5-8-15(17)3/h3*7-14H,1-6H3;2*5-14H,1-4H3/q5*+1. The third-order valence-corrected chi connectivity index (χ3v) is 23.1. The van der Waals surface area contributed by atoms with Crippen LogP contribution in [0.2, 0.25) is 0 Å². The average Bonchev–Trinajstić information content (AvgIpc) is 0.789. The first-order valence-electron chi connectivity index (χ1n) is 40.3. The number of hydrogen-bond acceptors (Lipinski definition) is 0. The quantitative estimate of drug-likeness (QED) is 0.122. The van der Waals surface area contributed by atoms with Crippen molar-refractivity contribution in [3.05, 3.63) is 326 Å². The van der Waals surface area contributed by atoms with E-state index in [1.165, 1.54) is 199 Å². The highest BCUT2D eigenvalue weighted by Crippen LogP contribution is 2.39. The van der Waals surface area contributed by atoms with Gasteiger partial charge < -0.3 is 0 Å². The lowest BCUT2D eigenvalue weighted by molar-refractivity contribution is -0.659. The van der Waals surface area contributed by atoms with Gasteiger partial charge in [-0.3, -0.25) is 0 Å². The van der Waals surface area contributed by atoms with E-state index in [-0.39, 0.29) is 0 Å². The average molecular weight is 1470 g/mol. The van der Waals surface area contributed by atoms with Crippen molar-refractivity contribution in [2.75, 3.05) is 0 Å². The molecular weight excluding hydrogens is 1340 g/mol.